The minimum atomic E-state index is -1.04. The average molecular weight is 322 g/mol. The molecule has 24 heavy (non-hydrogen) atoms. The molecular weight excluding hydrogens is 308 g/mol. The number of aliphatic carboxylic acids is 1. The van der Waals surface area contributed by atoms with Crippen molar-refractivity contribution in [3.05, 3.63) is 60.7 Å². The molecule has 0 aliphatic rings. The van der Waals surface area contributed by atoms with Crippen LogP contribution in [0.3, 0.4) is 0 Å². The first-order valence-corrected chi connectivity index (χ1v) is 7.20. The van der Waals surface area contributed by atoms with Crippen molar-refractivity contribution in [1.82, 2.24) is 0 Å². The van der Waals surface area contributed by atoms with Crippen LogP contribution >= 0.6 is 0 Å². The van der Waals surface area contributed by atoms with Gasteiger partial charge in [0, 0.05) is 5.39 Å². The standard InChI is InChI=1S/C18H14N2O4/c21-16-10-5-12-3-1-2-4-15(12)18(16)20-19-13-6-8-14(9-7-13)24-11-17(22)23/h1-10,21H,11H2,(H,22,23)/b20-19+. The van der Waals surface area contributed by atoms with E-state index in [0.717, 1.165) is 10.8 Å². The summed E-state index contributed by atoms with van der Waals surface area (Å²) in [7, 11) is 0. The summed E-state index contributed by atoms with van der Waals surface area (Å²) in [6, 6.07) is 17.5. The van der Waals surface area contributed by atoms with Gasteiger partial charge in [0.05, 0.1) is 5.69 Å². The van der Waals surface area contributed by atoms with Crippen molar-refractivity contribution in [2.24, 2.45) is 10.2 Å². The number of hydrogen-bond donors (Lipinski definition) is 2. The van der Waals surface area contributed by atoms with E-state index in [1.54, 1.807) is 30.3 Å². The number of phenolic OH excluding ortho intramolecular Hbond substituents is 1. The number of fused-ring (bicyclic) bond motifs is 1. The molecule has 120 valence electrons. The summed E-state index contributed by atoms with van der Waals surface area (Å²) >= 11 is 0. The van der Waals surface area contributed by atoms with Gasteiger partial charge in [-0.25, -0.2) is 4.79 Å². The smallest absolute Gasteiger partial charge is 0.341 e. The fourth-order valence-corrected chi connectivity index (χ4v) is 2.21. The molecule has 0 spiro atoms. The molecule has 3 rings (SSSR count). The predicted octanol–water partition coefficient (Wildman–Crippen LogP) is 4.42. The number of carboxylic acid groups (broad SMARTS) is 1. The summed E-state index contributed by atoms with van der Waals surface area (Å²) in [6.07, 6.45) is 0. The van der Waals surface area contributed by atoms with Crippen LogP contribution in [0.5, 0.6) is 11.5 Å². The monoisotopic (exact) mass is 322 g/mol. The zero-order valence-electron chi connectivity index (χ0n) is 12.6. The van der Waals surface area contributed by atoms with Crippen molar-refractivity contribution in [2.45, 2.75) is 0 Å². The molecule has 6 heteroatoms. The molecule has 0 aliphatic heterocycles. The van der Waals surface area contributed by atoms with Crippen LogP contribution in [0.15, 0.2) is 70.9 Å². The molecule has 0 saturated carbocycles. The molecule has 0 heterocycles. The van der Waals surface area contributed by atoms with E-state index in [1.807, 2.05) is 30.3 Å². The second-order valence-electron chi connectivity index (χ2n) is 5.03. The maximum atomic E-state index is 10.5. The van der Waals surface area contributed by atoms with Crippen molar-refractivity contribution in [1.29, 1.82) is 0 Å². The van der Waals surface area contributed by atoms with E-state index < -0.39 is 12.6 Å². The molecule has 0 radical (unpaired) electrons. The van der Waals surface area contributed by atoms with Crippen molar-refractivity contribution in [3.8, 4) is 11.5 Å². The highest BCUT2D eigenvalue weighted by molar-refractivity contribution is 5.95. The fraction of sp³-hybridized carbons (Fsp3) is 0.0556. The van der Waals surface area contributed by atoms with Gasteiger partial charge in [-0.3, -0.25) is 0 Å². The molecule has 6 nitrogen and oxygen atoms in total. The zero-order chi connectivity index (χ0) is 16.9. The average Bonchev–Trinajstić information content (AvgIpc) is 2.60. The Kier molecular flexibility index (Phi) is 4.38. The molecule has 0 saturated heterocycles. The maximum absolute atomic E-state index is 10.5. The number of carboxylic acids is 1. The lowest BCUT2D eigenvalue weighted by Gasteiger charge is -2.04. The van der Waals surface area contributed by atoms with Gasteiger partial charge >= 0.3 is 5.97 Å². The molecule has 0 aromatic heterocycles. The second-order valence-corrected chi connectivity index (χ2v) is 5.03. The number of ether oxygens (including phenoxy) is 1. The lowest BCUT2D eigenvalue weighted by atomic mass is 10.1. The number of hydrogen-bond acceptors (Lipinski definition) is 5. The highest BCUT2D eigenvalue weighted by atomic mass is 16.5. The van der Waals surface area contributed by atoms with E-state index in [1.165, 1.54) is 0 Å². The summed E-state index contributed by atoms with van der Waals surface area (Å²) in [4.78, 5) is 10.5. The highest BCUT2D eigenvalue weighted by Gasteiger charge is 2.06. The van der Waals surface area contributed by atoms with Crippen LogP contribution in [0.4, 0.5) is 11.4 Å². The van der Waals surface area contributed by atoms with Gasteiger partial charge in [0.2, 0.25) is 0 Å². The number of azo groups is 1. The highest BCUT2D eigenvalue weighted by Crippen LogP contribution is 2.36. The van der Waals surface area contributed by atoms with Crippen LogP contribution in [0.1, 0.15) is 0 Å². The SMILES string of the molecule is O=C(O)COc1ccc(/N=N/c2c(O)ccc3ccccc23)cc1. The Morgan fingerprint density at radius 1 is 0.958 bits per heavy atom. The molecule has 0 bridgehead atoms. The Hall–Kier alpha value is -3.41. The lowest BCUT2D eigenvalue weighted by molar-refractivity contribution is -0.139. The van der Waals surface area contributed by atoms with E-state index in [9.17, 15) is 9.90 Å². The van der Waals surface area contributed by atoms with Crippen molar-refractivity contribution < 1.29 is 19.7 Å². The minimum Gasteiger partial charge on any atom is -0.506 e. The minimum absolute atomic E-state index is 0.0545. The van der Waals surface area contributed by atoms with E-state index in [4.69, 9.17) is 9.84 Å². The Morgan fingerprint density at radius 3 is 2.46 bits per heavy atom. The normalized spacial score (nSPS) is 11.0. The first kappa shape index (κ1) is 15.5. The third-order valence-electron chi connectivity index (χ3n) is 3.34. The van der Waals surface area contributed by atoms with Gasteiger partial charge in [0.15, 0.2) is 6.61 Å². The van der Waals surface area contributed by atoms with E-state index in [2.05, 4.69) is 10.2 Å². The van der Waals surface area contributed by atoms with Crippen LogP contribution < -0.4 is 4.74 Å². The fourth-order valence-electron chi connectivity index (χ4n) is 2.21. The molecule has 0 unspecified atom stereocenters. The topological polar surface area (TPSA) is 91.5 Å². The third kappa shape index (κ3) is 3.49. The van der Waals surface area contributed by atoms with Gasteiger partial charge < -0.3 is 14.9 Å². The van der Waals surface area contributed by atoms with Crippen molar-refractivity contribution >= 4 is 28.1 Å². The number of benzene rings is 3. The lowest BCUT2D eigenvalue weighted by Crippen LogP contribution is -2.09. The molecule has 3 aromatic carbocycles. The first-order valence-electron chi connectivity index (χ1n) is 7.20. The summed E-state index contributed by atoms with van der Waals surface area (Å²) < 4.78 is 5.05. The van der Waals surface area contributed by atoms with Gasteiger partial charge in [0.1, 0.15) is 17.2 Å². The van der Waals surface area contributed by atoms with Crippen LogP contribution in [0.2, 0.25) is 0 Å². The van der Waals surface area contributed by atoms with E-state index in [0.29, 0.717) is 17.1 Å². The van der Waals surface area contributed by atoms with E-state index in [-0.39, 0.29) is 5.75 Å². The second kappa shape index (κ2) is 6.78. The van der Waals surface area contributed by atoms with Gasteiger partial charge in [-0.15, -0.1) is 5.11 Å². The molecule has 0 aliphatic carbocycles. The molecule has 0 atom stereocenters. The third-order valence-corrected chi connectivity index (χ3v) is 3.34. The van der Waals surface area contributed by atoms with Crippen LogP contribution in [-0.4, -0.2) is 22.8 Å². The van der Waals surface area contributed by atoms with Crippen LogP contribution in [0, 0.1) is 0 Å². The largest absolute Gasteiger partial charge is 0.506 e. The number of aromatic hydroxyl groups is 1. The Morgan fingerprint density at radius 2 is 1.71 bits per heavy atom. The van der Waals surface area contributed by atoms with Gasteiger partial charge in [-0.2, -0.15) is 5.11 Å². The summed E-state index contributed by atoms with van der Waals surface area (Å²) in [5.74, 6) is -0.548. The van der Waals surface area contributed by atoms with Gasteiger partial charge in [0.25, 0.3) is 0 Å². The van der Waals surface area contributed by atoms with Crippen molar-refractivity contribution in [2.75, 3.05) is 6.61 Å². The van der Waals surface area contributed by atoms with E-state index >= 15 is 0 Å². The predicted molar refractivity (Wildman–Crippen MR) is 89.4 cm³/mol. The Balaban J connectivity index is 1.83. The summed E-state index contributed by atoms with van der Waals surface area (Å²) in [5.41, 5.74) is 0.962. The number of nitrogens with zero attached hydrogens (tertiary/aromatic N) is 2. The number of carbonyl (C=O) groups is 1. The van der Waals surface area contributed by atoms with Crippen LogP contribution in [0.25, 0.3) is 10.8 Å². The molecule has 0 fully saturated rings. The number of rotatable bonds is 5. The maximum Gasteiger partial charge on any atom is 0.341 e. The molecule has 0 amide bonds. The quantitative estimate of drug-likeness (QED) is 0.680. The summed E-state index contributed by atoms with van der Waals surface area (Å²) in [6.45, 7) is -0.398. The molecular formula is C18H14N2O4. The summed E-state index contributed by atoms with van der Waals surface area (Å²) in [5, 5.41) is 28.6. The first-order chi connectivity index (χ1) is 11.6. The number of phenols is 1. The Bertz CT molecular complexity index is 905. The molecule has 2 N–H and O–H groups in total. The Labute approximate surface area is 137 Å². The van der Waals surface area contributed by atoms with Crippen molar-refractivity contribution in [3.63, 3.8) is 0 Å². The van der Waals surface area contributed by atoms with Gasteiger partial charge in [-0.1, -0.05) is 30.3 Å². The molecule has 3 aromatic rings. The van der Waals surface area contributed by atoms with Crippen LogP contribution in [-0.2, 0) is 4.79 Å². The van der Waals surface area contributed by atoms with Gasteiger partial charge in [-0.05, 0) is 35.7 Å². The zero-order valence-corrected chi connectivity index (χ0v) is 12.6.